The first-order chi connectivity index (χ1) is 10.2. The molecule has 0 aliphatic carbocycles. The van der Waals surface area contributed by atoms with Gasteiger partial charge in [0.25, 0.3) is 0 Å². The van der Waals surface area contributed by atoms with E-state index in [9.17, 15) is 0 Å². The summed E-state index contributed by atoms with van der Waals surface area (Å²) in [6.07, 6.45) is 0. The van der Waals surface area contributed by atoms with Gasteiger partial charge in [0.2, 0.25) is 0 Å². The van der Waals surface area contributed by atoms with Crippen LogP contribution in [0.25, 0.3) is 0 Å². The summed E-state index contributed by atoms with van der Waals surface area (Å²) in [4.78, 5) is 3.61. The molecule has 1 aromatic heterocycles. The lowest BCUT2D eigenvalue weighted by molar-refractivity contribution is 0.199. The van der Waals surface area contributed by atoms with Crippen molar-refractivity contribution in [2.24, 2.45) is 0 Å². The number of nitrogens with zero attached hydrogens (tertiary/aromatic N) is 1. The van der Waals surface area contributed by atoms with E-state index in [1.54, 1.807) is 18.4 Å². The molecule has 2 rings (SSSR count). The Morgan fingerprint density at radius 2 is 2.19 bits per heavy atom. The molecule has 3 nitrogen and oxygen atoms in total. The third-order valence-electron chi connectivity index (χ3n) is 3.22. The zero-order valence-electron chi connectivity index (χ0n) is 12.4. The van der Waals surface area contributed by atoms with E-state index in [2.05, 4.69) is 40.8 Å². The molecule has 0 atom stereocenters. The van der Waals surface area contributed by atoms with Crippen LogP contribution in [0, 0.1) is 0 Å². The van der Waals surface area contributed by atoms with Crippen LogP contribution in [0.5, 0.6) is 0 Å². The molecule has 0 fully saturated rings. The Balaban J connectivity index is 2.06. The second-order valence-corrected chi connectivity index (χ2v) is 6.35. The first kappa shape index (κ1) is 16.3. The maximum Gasteiger partial charge on any atom is 0.0587 e. The van der Waals surface area contributed by atoms with Crippen molar-refractivity contribution in [3.05, 3.63) is 51.2 Å². The molecule has 114 valence electrons. The third-order valence-corrected chi connectivity index (χ3v) is 4.32. The van der Waals surface area contributed by atoms with Gasteiger partial charge >= 0.3 is 0 Å². The number of hydrogen-bond donors (Lipinski definition) is 1. The molecular weight excluding hydrogens is 304 g/mol. The van der Waals surface area contributed by atoms with Gasteiger partial charge in [0.15, 0.2) is 0 Å². The van der Waals surface area contributed by atoms with E-state index in [-0.39, 0.29) is 0 Å². The Hall–Kier alpha value is -1.07. The number of rotatable bonds is 8. The highest BCUT2D eigenvalue weighted by molar-refractivity contribution is 7.09. The number of benzene rings is 1. The summed E-state index contributed by atoms with van der Waals surface area (Å²) in [5.74, 6) is 0. The fourth-order valence-electron chi connectivity index (χ4n) is 2.19. The summed E-state index contributed by atoms with van der Waals surface area (Å²) >= 11 is 7.91. The maximum atomic E-state index is 6.14. The van der Waals surface area contributed by atoms with Crippen LogP contribution in [0.3, 0.4) is 0 Å². The Labute approximate surface area is 135 Å². The van der Waals surface area contributed by atoms with Crippen LogP contribution in [0.4, 0.5) is 5.69 Å². The average Bonchev–Trinajstić information content (AvgIpc) is 2.96. The van der Waals surface area contributed by atoms with Crippen molar-refractivity contribution in [1.82, 2.24) is 5.32 Å². The highest BCUT2D eigenvalue weighted by Gasteiger charge is 2.09. The van der Waals surface area contributed by atoms with Crippen molar-refractivity contribution in [3.8, 4) is 0 Å². The molecule has 1 N–H and O–H groups in total. The fraction of sp³-hybridized carbons (Fsp3) is 0.375. The van der Waals surface area contributed by atoms with Crippen LogP contribution in [-0.4, -0.2) is 27.3 Å². The quantitative estimate of drug-likeness (QED) is 0.748. The molecule has 0 amide bonds. The van der Waals surface area contributed by atoms with Crippen molar-refractivity contribution >= 4 is 28.6 Å². The lowest BCUT2D eigenvalue weighted by Crippen LogP contribution is -2.22. The van der Waals surface area contributed by atoms with Crippen LogP contribution in [0.15, 0.2) is 35.7 Å². The number of halogens is 1. The molecule has 1 aromatic carbocycles. The standard InChI is InChI=1S/C16H21ClN2OS/c1-19(12-15-4-3-9-21-15)16-6-5-14(17)10-13(16)11-18-7-8-20-2/h3-6,9-10,18H,7-8,11-12H2,1-2H3. The van der Waals surface area contributed by atoms with Crippen molar-refractivity contribution in [2.45, 2.75) is 13.1 Å². The second kappa shape index (κ2) is 8.39. The summed E-state index contributed by atoms with van der Waals surface area (Å²) in [6, 6.07) is 10.3. The highest BCUT2D eigenvalue weighted by Crippen LogP contribution is 2.25. The Morgan fingerprint density at radius 1 is 1.33 bits per heavy atom. The van der Waals surface area contributed by atoms with Gasteiger partial charge in [-0.25, -0.2) is 0 Å². The van der Waals surface area contributed by atoms with Gasteiger partial charge in [-0.1, -0.05) is 17.7 Å². The minimum Gasteiger partial charge on any atom is -0.383 e. The minimum absolute atomic E-state index is 0.709. The molecule has 0 saturated heterocycles. The van der Waals surface area contributed by atoms with Crippen LogP contribution >= 0.6 is 22.9 Å². The Morgan fingerprint density at radius 3 is 2.90 bits per heavy atom. The van der Waals surface area contributed by atoms with Crippen molar-refractivity contribution < 1.29 is 4.74 Å². The molecule has 0 aliphatic rings. The van der Waals surface area contributed by atoms with E-state index in [4.69, 9.17) is 16.3 Å². The van der Waals surface area contributed by atoms with Crippen molar-refractivity contribution in [2.75, 3.05) is 32.2 Å². The molecule has 5 heteroatoms. The third kappa shape index (κ3) is 5.00. The zero-order chi connectivity index (χ0) is 15.1. The summed E-state index contributed by atoms with van der Waals surface area (Å²) < 4.78 is 5.05. The molecule has 21 heavy (non-hydrogen) atoms. The van der Waals surface area contributed by atoms with Gasteiger partial charge in [-0.15, -0.1) is 11.3 Å². The van der Waals surface area contributed by atoms with Crippen LogP contribution in [-0.2, 0) is 17.8 Å². The maximum absolute atomic E-state index is 6.14. The first-order valence-electron chi connectivity index (χ1n) is 6.92. The normalized spacial score (nSPS) is 10.8. The van der Waals surface area contributed by atoms with Gasteiger partial charge in [-0.05, 0) is 35.2 Å². The molecule has 0 bridgehead atoms. The van der Waals surface area contributed by atoms with Crippen molar-refractivity contribution in [1.29, 1.82) is 0 Å². The smallest absolute Gasteiger partial charge is 0.0587 e. The fourth-order valence-corrected chi connectivity index (χ4v) is 3.14. The highest BCUT2D eigenvalue weighted by atomic mass is 35.5. The van der Waals surface area contributed by atoms with Gasteiger partial charge in [0.1, 0.15) is 0 Å². The van der Waals surface area contributed by atoms with Gasteiger partial charge in [-0.2, -0.15) is 0 Å². The Bertz CT molecular complexity index is 545. The number of ether oxygens (including phenoxy) is 1. The molecule has 0 unspecified atom stereocenters. The lowest BCUT2D eigenvalue weighted by Gasteiger charge is -2.22. The van der Waals surface area contributed by atoms with Gasteiger partial charge in [0, 0.05) is 42.8 Å². The molecule has 2 aromatic rings. The monoisotopic (exact) mass is 324 g/mol. The van der Waals surface area contributed by atoms with Crippen LogP contribution in [0.1, 0.15) is 10.4 Å². The summed E-state index contributed by atoms with van der Waals surface area (Å²) in [7, 11) is 3.82. The second-order valence-electron chi connectivity index (χ2n) is 4.88. The summed E-state index contributed by atoms with van der Waals surface area (Å²) in [5, 5.41) is 6.26. The number of thiophene rings is 1. The largest absolute Gasteiger partial charge is 0.383 e. The van der Waals surface area contributed by atoms with E-state index in [1.165, 1.54) is 16.1 Å². The molecule has 0 saturated carbocycles. The van der Waals surface area contributed by atoms with Gasteiger partial charge in [0.05, 0.1) is 13.2 Å². The summed E-state index contributed by atoms with van der Waals surface area (Å²) in [6.45, 7) is 3.23. The average molecular weight is 325 g/mol. The number of anilines is 1. The molecule has 1 heterocycles. The first-order valence-corrected chi connectivity index (χ1v) is 8.18. The van der Waals surface area contributed by atoms with Gasteiger partial charge in [-0.3, -0.25) is 0 Å². The predicted octanol–water partition coefficient (Wildman–Crippen LogP) is 3.77. The number of hydrogen-bond acceptors (Lipinski definition) is 4. The topological polar surface area (TPSA) is 24.5 Å². The van der Waals surface area contributed by atoms with E-state index in [1.807, 2.05) is 12.1 Å². The van der Waals surface area contributed by atoms with Gasteiger partial charge < -0.3 is 15.0 Å². The number of methoxy groups -OCH3 is 1. The predicted molar refractivity (Wildman–Crippen MR) is 91.5 cm³/mol. The van der Waals surface area contributed by atoms with E-state index in [0.29, 0.717) is 6.61 Å². The van der Waals surface area contributed by atoms with E-state index in [0.717, 1.165) is 24.7 Å². The van der Waals surface area contributed by atoms with Crippen LogP contribution < -0.4 is 10.2 Å². The zero-order valence-corrected chi connectivity index (χ0v) is 14.0. The molecule has 0 radical (unpaired) electrons. The van der Waals surface area contributed by atoms with E-state index < -0.39 is 0 Å². The Kier molecular flexibility index (Phi) is 6.51. The molecule has 0 aliphatic heterocycles. The molecular formula is C16H21ClN2OS. The minimum atomic E-state index is 0.709. The number of nitrogens with one attached hydrogen (secondary N) is 1. The SMILES string of the molecule is COCCNCc1cc(Cl)ccc1N(C)Cc1cccs1. The lowest BCUT2D eigenvalue weighted by atomic mass is 10.1. The van der Waals surface area contributed by atoms with Crippen molar-refractivity contribution in [3.63, 3.8) is 0 Å². The summed E-state index contributed by atoms with van der Waals surface area (Å²) in [5.41, 5.74) is 2.41. The molecule has 0 spiro atoms. The van der Waals surface area contributed by atoms with Crippen LogP contribution in [0.2, 0.25) is 5.02 Å². The van der Waals surface area contributed by atoms with E-state index >= 15 is 0 Å².